The van der Waals surface area contributed by atoms with E-state index in [0.717, 1.165) is 19.4 Å². The van der Waals surface area contributed by atoms with E-state index in [-0.39, 0.29) is 30.7 Å². The molecule has 2 saturated carbocycles. The zero-order valence-electron chi connectivity index (χ0n) is 15.3. The molecular weight excluding hydrogens is 306 g/mol. The summed E-state index contributed by atoms with van der Waals surface area (Å²) in [5, 5.41) is 12.0. The number of carbonyl (C=O) groups is 2. The lowest BCUT2D eigenvalue weighted by Gasteiger charge is -2.43. The summed E-state index contributed by atoms with van der Waals surface area (Å²) in [6.07, 6.45) is 8.04. The van der Waals surface area contributed by atoms with Crippen molar-refractivity contribution < 1.29 is 14.7 Å². The Bertz CT molecular complexity index is 431. The molecule has 0 radical (unpaired) electrons. The number of nitrogens with one attached hydrogen (secondary N) is 1. The van der Waals surface area contributed by atoms with E-state index in [1.807, 2.05) is 23.8 Å². The molecule has 0 aromatic rings. The Morgan fingerprint density at radius 2 is 1.83 bits per heavy atom. The van der Waals surface area contributed by atoms with Gasteiger partial charge in [0, 0.05) is 25.2 Å². The van der Waals surface area contributed by atoms with Gasteiger partial charge in [0.1, 0.15) is 0 Å². The molecule has 0 spiro atoms. The average molecular weight is 339 g/mol. The van der Waals surface area contributed by atoms with E-state index in [1.165, 1.54) is 32.1 Å². The van der Waals surface area contributed by atoms with Crippen molar-refractivity contribution in [3.05, 3.63) is 0 Å². The third-order valence-corrected chi connectivity index (χ3v) is 5.97. The Morgan fingerprint density at radius 3 is 2.38 bits per heavy atom. The smallest absolute Gasteiger partial charge is 0.317 e. The van der Waals surface area contributed by atoms with Gasteiger partial charge < -0.3 is 15.3 Å². The molecule has 0 bridgehead atoms. The van der Waals surface area contributed by atoms with Crippen molar-refractivity contribution in [2.75, 3.05) is 20.1 Å². The number of nitrogens with zero attached hydrogens (tertiary/aromatic N) is 2. The van der Waals surface area contributed by atoms with E-state index in [9.17, 15) is 9.59 Å². The van der Waals surface area contributed by atoms with Gasteiger partial charge in [0.25, 0.3) is 0 Å². The quantitative estimate of drug-likeness (QED) is 0.747. The standard InChI is InChI=1S/C18H33N3O3/c1-4-21(12-17(22)23)16-10-15(11-16)19-18(24)20(3)13(2)14-8-6-5-7-9-14/h13-16H,4-12H2,1-3H3,(H,19,24)(H,22,23). The maximum Gasteiger partial charge on any atom is 0.317 e. The van der Waals surface area contributed by atoms with Gasteiger partial charge in [-0.25, -0.2) is 4.79 Å². The summed E-state index contributed by atoms with van der Waals surface area (Å²) < 4.78 is 0. The van der Waals surface area contributed by atoms with Crippen molar-refractivity contribution in [3.8, 4) is 0 Å². The molecule has 1 unspecified atom stereocenters. The monoisotopic (exact) mass is 339 g/mol. The predicted molar refractivity (Wildman–Crippen MR) is 94.0 cm³/mol. The van der Waals surface area contributed by atoms with Crippen LogP contribution in [0, 0.1) is 5.92 Å². The normalized spacial score (nSPS) is 25.8. The molecule has 1 atom stereocenters. The number of hydrogen-bond acceptors (Lipinski definition) is 3. The van der Waals surface area contributed by atoms with Crippen LogP contribution in [0.15, 0.2) is 0 Å². The lowest BCUT2D eigenvalue weighted by Crippen LogP contribution is -2.57. The number of likely N-dealkylation sites (N-methyl/N-ethyl adjacent to an activating group) is 1. The fourth-order valence-corrected chi connectivity index (χ4v) is 4.07. The summed E-state index contributed by atoms with van der Waals surface area (Å²) in [6.45, 7) is 4.95. The molecule has 2 amide bonds. The zero-order valence-corrected chi connectivity index (χ0v) is 15.3. The molecule has 2 rings (SSSR count). The van der Waals surface area contributed by atoms with Gasteiger partial charge in [-0.3, -0.25) is 9.69 Å². The Labute approximate surface area is 145 Å². The van der Waals surface area contributed by atoms with Gasteiger partial charge >= 0.3 is 12.0 Å². The van der Waals surface area contributed by atoms with Crippen LogP contribution in [0.2, 0.25) is 0 Å². The summed E-state index contributed by atoms with van der Waals surface area (Å²) in [5.41, 5.74) is 0. The second-order valence-electron chi connectivity index (χ2n) is 7.48. The van der Waals surface area contributed by atoms with Gasteiger partial charge in [-0.2, -0.15) is 0 Å². The number of urea groups is 1. The van der Waals surface area contributed by atoms with Crippen LogP contribution in [0.5, 0.6) is 0 Å². The summed E-state index contributed by atoms with van der Waals surface area (Å²) in [4.78, 5) is 27.2. The molecule has 6 nitrogen and oxygen atoms in total. The first kappa shape index (κ1) is 19.0. The molecule has 138 valence electrons. The molecule has 2 N–H and O–H groups in total. The van der Waals surface area contributed by atoms with Crippen LogP contribution in [-0.4, -0.2) is 65.2 Å². The first-order valence-electron chi connectivity index (χ1n) is 9.41. The van der Waals surface area contributed by atoms with Gasteiger partial charge in [0.05, 0.1) is 6.54 Å². The van der Waals surface area contributed by atoms with Crippen molar-refractivity contribution in [3.63, 3.8) is 0 Å². The van der Waals surface area contributed by atoms with Crippen LogP contribution in [0.1, 0.15) is 58.8 Å². The van der Waals surface area contributed by atoms with Gasteiger partial charge in [0.15, 0.2) is 0 Å². The van der Waals surface area contributed by atoms with E-state index in [2.05, 4.69) is 12.2 Å². The molecule has 0 aromatic carbocycles. The summed E-state index contributed by atoms with van der Waals surface area (Å²) in [5.74, 6) is -0.167. The van der Waals surface area contributed by atoms with Crippen LogP contribution in [-0.2, 0) is 4.79 Å². The van der Waals surface area contributed by atoms with Crippen LogP contribution < -0.4 is 5.32 Å². The van der Waals surface area contributed by atoms with E-state index in [0.29, 0.717) is 5.92 Å². The number of hydrogen-bond donors (Lipinski definition) is 2. The minimum Gasteiger partial charge on any atom is -0.480 e. The summed E-state index contributed by atoms with van der Waals surface area (Å²) in [7, 11) is 1.90. The molecule has 2 aliphatic carbocycles. The van der Waals surface area contributed by atoms with Crippen molar-refractivity contribution in [1.82, 2.24) is 15.1 Å². The highest BCUT2D eigenvalue weighted by molar-refractivity contribution is 5.74. The molecule has 0 heterocycles. The Hall–Kier alpha value is -1.30. The third-order valence-electron chi connectivity index (χ3n) is 5.97. The highest BCUT2D eigenvalue weighted by atomic mass is 16.4. The second kappa shape index (κ2) is 8.70. The zero-order chi connectivity index (χ0) is 17.7. The number of carbonyl (C=O) groups excluding carboxylic acids is 1. The minimum atomic E-state index is -0.787. The van der Waals surface area contributed by atoms with E-state index >= 15 is 0 Å². The lowest BCUT2D eigenvalue weighted by molar-refractivity contribution is -0.139. The van der Waals surface area contributed by atoms with E-state index in [4.69, 9.17) is 5.11 Å². The largest absolute Gasteiger partial charge is 0.480 e. The maximum absolute atomic E-state index is 12.5. The van der Waals surface area contributed by atoms with Crippen LogP contribution in [0.3, 0.4) is 0 Å². The van der Waals surface area contributed by atoms with Gasteiger partial charge in [-0.15, -0.1) is 0 Å². The summed E-state index contributed by atoms with van der Waals surface area (Å²) in [6, 6.07) is 0.738. The second-order valence-corrected chi connectivity index (χ2v) is 7.48. The highest BCUT2D eigenvalue weighted by Crippen LogP contribution is 2.29. The fraction of sp³-hybridized carbons (Fsp3) is 0.889. The first-order valence-corrected chi connectivity index (χ1v) is 9.41. The number of aliphatic carboxylic acids is 1. The molecule has 0 saturated heterocycles. The number of carboxylic acid groups (broad SMARTS) is 1. The van der Waals surface area contributed by atoms with Crippen LogP contribution in [0.25, 0.3) is 0 Å². The molecule has 24 heavy (non-hydrogen) atoms. The molecule has 0 aliphatic heterocycles. The third kappa shape index (κ3) is 4.85. The Kier molecular flexibility index (Phi) is 6.90. The fourth-order valence-electron chi connectivity index (χ4n) is 4.07. The van der Waals surface area contributed by atoms with E-state index in [1.54, 1.807) is 0 Å². The van der Waals surface area contributed by atoms with Crippen molar-refractivity contribution in [2.24, 2.45) is 5.92 Å². The number of amides is 2. The van der Waals surface area contributed by atoms with Gasteiger partial charge in [-0.1, -0.05) is 26.2 Å². The first-order chi connectivity index (χ1) is 11.4. The summed E-state index contributed by atoms with van der Waals surface area (Å²) >= 11 is 0. The van der Waals surface area contributed by atoms with Crippen molar-refractivity contribution in [1.29, 1.82) is 0 Å². The average Bonchev–Trinajstić information content (AvgIpc) is 2.54. The van der Waals surface area contributed by atoms with Crippen molar-refractivity contribution >= 4 is 12.0 Å². The van der Waals surface area contributed by atoms with E-state index < -0.39 is 5.97 Å². The molecule has 6 heteroatoms. The molecule has 2 fully saturated rings. The predicted octanol–water partition coefficient (Wildman–Crippen LogP) is 2.53. The van der Waals surface area contributed by atoms with Crippen LogP contribution in [0.4, 0.5) is 4.79 Å². The molecule has 2 aliphatic rings. The Balaban J connectivity index is 1.74. The Morgan fingerprint density at radius 1 is 1.21 bits per heavy atom. The SMILES string of the molecule is CCN(CC(=O)O)C1CC(NC(=O)N(C)C(C)C2CCCCC2)C1. The van der Waals surface area contributed by atoms with Crippen LogP contribution >= 0.6 is 0 Å². The number of rotatable bonds is 7. The lowest BCUT2D eigenvalue weighted by atomic mass is 9.84. The van der Waals surface area contributed by atoms with Gasteiger partial charge in [0.2, 0.25) is 0 Å². The highest BCUT2D eigenvalue weighted by Gasteiger charge is 2.36. The van der Waals surface area contributed by atoms with Crippen molar-refractivity contribution in [2.45, 2.75) is 76.9 Å². The molecular formula is C18H33N3O3. The van der Waals surface area contributed by atoms with Gasteiger partial charge in [-0.05, 0) is 45.1 Å². The minimum absolute atomic E-state index is 0.0119. The number of carboxylic acids is 1. The maximum atomic E-state index is 12.5. The topological polar surface area (TPSA) is 72.9 Å². The molecule has 0 aromatic heterocycles.